The third-order valence-corrected chi connectivity index (χ3v) is 4.83. The van der Waals surface area contributed by atoms with Gasteiger partial charge in [0, 0.05) is 19.0 Å². The number of aliphatic hydroxyl groups is 1. The zero-order valence-electron chi connectivity index (χ0n) is 11.8. The molecule has 1 heterocycles. The fraction of sp³-hybridized carbons (Fsp3) is 0.562. The highest BCUT2D eigenvalue weighted by atomic mass is 16.3. The zero-order chi connectivity index (χ0) is 14.3. The van der Waals surface area contributed by atoms with Crippen molar-refractivity contribution in [2.75, 3.05) is 13.1 Å². The van der Waals surface area contributed by atoms with E-state index in [4.69, 9.17) is 5.73 Å². The number of nitrogens with zero attached hydrogens (tertiary/aromatic N) is 1. The first-order chi connectivity index (χ1) is 9.56. The van der Waals surface area contributed by atoms with Gasteiger partial charge in [0.05, 0.1) is 6.10 Å². The smallest absolute Gasteiger partial charge is 0.244 e. The molecule has 1 aliphatic heterocycles. The average Bonchev–Trinajstić information content (AvgIpc) is 3.01. The Morgan fingerprint density at radius 2 is 2.00 bits per heavy atom. The number of aryl methyl sites for hydroxylation is 1. The molecule has 1 aromatic carbocycles. The Morgan fingerprint density at radius 1 is 1.30 bits per heavy atom. The van der Waals surface area contributed by atoms with Crippen LogP contribution in [0.2, 0.25) is 0 Å². The molecule has 4 unspecified atom stereocenters. The van der Waals surface area contributed by atoms with Crippen LogP contribution in [0, 0.1) is 18.8 Å². The van der Waals surface area contributed by atoms with Crippen LogP contribution in [0.3, 0.4) is 0 Å². The Bertz CT molecular complexity index is 500. The van der Waals surface area contributed by atoms with Gasteiger partial charge in [-0.25, -0.2) is 0 Å². The predicted octanol–water partition coefficient (Wildman–Crippen LogP) is 1.22. The summed E-state index contributed by atoms with van der Waals surface area (Å²) in [6.45, 7) is 3.42. The van der Waals surface area contributed by atoms with E-state index in [-0.39, 0.29) is 17.9 Å². The van der Waals surface area contributed by atoms with Crippen molar-refractivity contribution in [3.8, 4) is 0 Å². The molecule has 2 aliphatic rings. The van der Waals surface area contributed by atoms with E-state index in [1.54, 1.807) is 0 Å². The molecule has 0 radical (unpaired) electrons. The highest BCUT2D eigenvalue weighted by Gasteiger charge is 2.44. The monoisotopic (exact) mass is 274 g/mol. The number of hydrogen-bond donors (Lipinski definition) is 2. The Kier molecular flexibility index (Phi) is 3.52. The van der Waals surface area contributed by atoms with Gasteiger partial charge in [0.2, 0.25) is 5.91 Å². The molecule has 1 amide bonds. The molecule has 3 rings (SSSR count). The van der Waals surface area contributed by atoms with Crippen LogP contribution in [0.25, 0.3) is 0 Å². The number of hydrogen-bond acceptors (Lipinski definition) is 3. The number of carbonyl (C=O) groups is 1. The van der Waals surface area contributed by atoms with E-state index >= 15 is 0 Å². The minimum atomic E-state index is -0.591. The molecule has 1 aromatic rings. The van der Waals surface area contributed by atoms with Crippen LogP contribution >= 0.6 is 0 Å². The van der Waals surface area contributed by atoms with E-state index in [2.05, 4.69) is 0 Å². The standard InChI is InChI=1S/C16H22N2O2/c1-10-2-4-11(5-3-10)15(17)16(20)18-8-12-6-7-14(19)13(12)9-18/h2-5,12-15,19H,6-9,17H2,1H3. The van der Waals surface area contributed by atoms with Gasteiger partial charge < -0.3 is 15.7 Å². The van der Waals surface area contributed by atoms with Crippen molar-refractivity contribution in [2.45, 2.75) is 31.9 Å². The summed E-state index contributed by atoms with van der Waals surface area (Å²) in [4.78, 5) is 14.3. The first kappa shape index (κ1) is 13.6. The second-order valence-electron chi connectivity index (χ2n) is 6.20. The van der Waals surface area contributed by atoms with E-state index in [0.29, 0.717) is 12.5 Å². The molecule has 0 bridgehead atoms. The van der Waals surface area contributed by atoms with Crippen LogP contribution in [0.15, 0.2) is 24.3 Å². The van der Waals surface area contributed by atoms with Gasteiger partial charge in [-0.1, -0.05) is 29.8 Å². The van der Waals surface area contributed by atoms with Gasteiger partial charge in [-0.05, 0) is 31.2 Å². The summed E-state index contributed by atoms with van der Waals surface area (Å²) in [6.07, 6.45) is 1.66. The lowest BCUT2D eigenvalue weighted by molar-refractivity contribution is -0.132. The third kappa shape index (κ3) is 2.34. The van der Waals surface area contributed by atoms with Crippen LogP contribution < -0.4 is 5.73 Å². The number of fused-ring (bicyclic) bond motifs is 1. The van der Waals surface area contributed by atoms with E-state index < -0.39 is 6.04 Å². The normalized spacial score (nSPS) is 30.4. The molecule has 2 fully saturated rings. The fourth-order valence-corrected chi connectivity index (χ4v) is 3.53. The number of benzene rings is 1. The van der Waals surface area contributed by atoms with Gasteiger partial charge in [0.1, 0.15) is 6.04 Å². The van der Waals surface area contributed by atoms with E-state index in [0.717, 1.165) is 30.5 Å². The van der Waals surface area contributed by atoms with Crippen molar-refractivity contribution in [1.82, 2.24) is 4.90 Å². The largest absolute Gasteiger partial charge is 0.393 e. The summed E-state index contributed by atoms with van der Waals surface area (Å²) in [7, 11) is 0. The number of rotatable bonds is 2. The Balaban J connectivity index is 1.69. The minimum absolute atomic E-state index is 0.0181. The molecular formula is C16H22N2O2. The molecule has 3 N–H and O–H groups in total. The van der Waals surface area contributed by atoms with Crippen molar-refractivity contribution in [2.24, 2.45) is 17.6 Å². The quantitative estimate of drug-likeness (QED) is 0.852. The van der Waals surface area contributed by atoms with Crippen LogP contribution in [0.5, 0.6) is 0 Å². The molecule has 4 heteroatoms. The first-order valence-electron chi connectivity index (χ1n) is 7.35. The molecule has 1 saturated heterocycles. The summed E-state index contributed by atoms with van der Waals surface area (Å²) >= 11 is 0. The van der Waals surface area contributed by atoms with Crippen LogP contribution in [0.1, 0.15) is 30.0 Å². The number of aliphatic hydroxyl groups excluding tert-OH is 1. The van der Waals surface area contributed by atoms with E-state index in [9.17, 15) is 9.90 Å². The number of likely N-dealkylation sites (tertiary alicyclic amines) is 1. The van der Waals surface area contributed by atoms with Crippen LogP contribution in [0.4, 0.5) is 0 Å². The molecule has 0 spiro atoms. The zero-order valence-corrected chi connectivity index (χ0v) is 11.8. The fourth-order valence-electron chi connectivity index (χ4n) is 3.53. The second-order valence-corrected chi connectivity index (χ2v) is 6.20. The lowest BCUT2D eigenvalue weighted by Crippen LogP contribution is -2.38. The number of nitrogens with two attached hydrogens (primary N) is 1. The minimum Gasteiger partial charge on any atom is -0.393 e. The van der Waals surface area contributed by atoms with E-state index in [1.807, 2.05) is 36.1 Å². The molecule has 4 nitrogen and oxygen atoms in total. The van der Waals surface area contributed by atoms with Gasteiger partial charge in [0.15, 0.2) is 0 Å². The molecule has 0 aromatic heterocycles. The van der Waals surface area contributed by atoms with Gasteiger partial charge in [-0.3, -0.25) is 4.79 Å². The first-order valence-corrected chi connectivity index (χ1v) is 7.35. The van der Waals surface area contributed by atoms with Crippen LogP contribution in [-0.2, 0) is 4.79 Å². The molecular weight excluding hydrogens is 252 g/mol. The van der Waals surface area contributed by atoms with Gasteiger partial charge in [-0.15, -0.1) is 0 Å². The highest BCUT2D eigenvalue weighted by molar-refractivity contribution is 5.83. The summed E-state index contributed by atoms with van der Waals surface area (Å²) in [5.74, 6) is 0.693. The molecule has 1 aliphatic carbocycles. The SMILES string of the molecule is Cc1ccc(C(N)C(=O)N2CC3CCC(O)C3C2)cc1. The summed E-state index contributed by atoms with van der Waals surface area (Å²) in [6, 6.07) is 7.20. The maximum absolute atomic E-state index is 12.5. The lowest BCUT2D eigenvalue weighted by atomic mass is 10.00. The van der Waals surface area contributed by atoms with Gasteiger partial charge in [-0.2, -0.15) is 0 Å². The van der Waals surface area contributed by atoms with Crippen molar-refractivity contribution >= 4 is 5.91 Å². The second kappa shape index (κ2) is 5.19. The van der Waals surface area contributed by atoms with Crippen molar-refractivity contribution in [1.29, 1.82) is 0 Å². The number of carbonyl (C=O) groups excluding carboxylic acids is 1. The van der Waals surface area contributed by atoms with E-state index in [1.165, 1.54) is 0 Å². The van der Waals surface area contributed by atoms with Gasteiger partial charge in [0.25, 0.3) is 0 Å². The topological polar surface area (TPSA) is 66.6 Å². The summed E-state index contributed by atoms with van der Waals surface area (Å²) in [5, 5.41) is 9.92. The average molecular weight is 274 g/mol. The Labute approximate surface area is 119 Å². The maximum Gasteiger partial charge on any atom is 0.244 e. The Hall–Kier alpha value is -1.39. The predicted molar refractivity (Wildman–Crippen MR) is 76.9 cm³/mol. The van der Waals surface area contributed by atoms with Crippen LogP contribution in [-0.4, -0.2) is 35.1 Å². The number of amides is 1. The van der Waals surface area contributed by atoms with Crippen molar-refractivity contribution in [3.63, 3.8) is 0 Å². The summed E-state index contributed by atoms with van der Waals surface area (Å²) in [5.41, 5.74) is 8.12. The molecule has 20 heavy (non-hydrogen) atoms. The maximum atomic E-state index is 12.5. The van der Waals surface area contributed by atoms with Crippen molar-refractivity contribution in [3.05, 3.63) is 35.4 Å². The van der Waals surface area contributed by atoms with Crippen molar-refractivity contribution < 1.29 is 9.90 Å². The summed E-state index contributed by atoms with van der Waals surface area (Å²) < 4.78 is 0. The molecule has 1 saturated carbocycles. The van der Waals surface area contributed by atoms with Gasteiger partial charge >= 0.3 is 0 Å². The Morgan fingerprint density at radius 3 is 2.65 bits per heavy atom. The molecule has 108 valence electrons. The third-order valence-electron chi connectivity index (χ3n) is 4.83. The lowest BCUT2D eigenvalue weighted by Gasteiger charge is -2.22. The highest BCUT2D eigenvalue weighted by Crippen LogP contribution is 2.38. The molecule has 4 atom stereocenters.